The van der Waals surface area contributed by atoms with E-state index in [9.17, 15) is 4.79 Å². The van der Waals surface area contributed by atoms with Crippen molar-refractivity contribution in [2.75, 3.05) is 12.4 Å². The Kier molecular flexibility index (Phi) is 3.89. The van der Waals surface area contributed by atoms with Crippen LogP contribution in [-0.2, 0) is 7.05 Å². The maximum Gasteiger partial charge on any atom is 0.255 e. The second-order valence-electron chi connectivity index (χ2n) is 5.26. The molecular formula is C17H18N4O2. The van der Waals surface area contributed by atoms with Crippen molar-refractivity contribution in [1.82, 2.24) is 14.8 Å². The SMILES string of the molecule is COc1cccc(C(=O)Nc2c(-c3cccn3C)n[nH]c2C)c1. The number of carbonyl (C=O) groups is 1. The highest BCUT2D eigenvalue weighted by atomic mass is 16.5. The Balaban J connectivity index is 1.92. The van der Waals surface area contributed by atoms with Gasteiger partial charge in [-0.2, -0.15) is 5.10 Å². The van der Waals surface area contributed by atoms with Crippen molar-refractivity contribution in [3.8, 4) is 17.1 Å². The fraction of sp³-hybridized carbons (Fsp3) is 0.176. The van der Waals surface area contributed by atoms with E-state index in [1.807, 2.05) is 36.9 Å². The molecule has 3 rings (SSSR count). The number of hydrogen-bond donors (Lipinski definition) is 2. The minimum Gasteiger partial charge on any atom is -0.497 e. The number of nitrogens with one attached hydrogen (secondary N) is 2. The largest absolute Gasteiger partial charge is 0.497 e. The van der Waals surface area contributed by atoms with Crippen molar-refractivity contribution < 1.29 is 9.53 Å². The lowest BCUT2D eigenvalue weighted by Gasteiger charge is -2.08. The molecule has 2 aromatic heterocycles. The average molecular weight is 310 g/mol. The number of H-pyrrole nitrogens is 1. The lowest BCUT2D eigenvalue weighted by Crippen LogP contribution is -2.13. The van der Waals surface area contributed by atoms with Crippen LogP contribution in [0.1, 0.15) is 16.1 Å². The number of rotatable bonds is 4. The molecule has 1 aromatic carbocycles. The molecule has 6 nitrogen and oxygen atoms in total. The molecule has 118 valence electrons. The monoisotopic (exact) mass is 310 g/mol. The number of amides is 1. The van der Waals surface area contributed by atoms with Gasteiger partial charge in [-0.1, -0.05) is 6.07 Å². The van der Waals surface area contributed by atoms with E-state index in [1.165, 1.54) is 0 Å². The molecule has 0 bridgehead atoms. The van der Waals surface area contributed by atoms with Gasteiger partial charge in [-0.25, -0.2) is 0 Å². The zero-order chi connectivity index (χ0) is 16.4. The smallest absolute Gasteiger partial charge is 0.255 e. The average Bonchev–Trinajstić information content (AvgIpc) is 3.14. The first-order chi connectivity index (χ1) is 11.1. The third-order valence-corrected chi connectivity index (χ3v) is 3.70. The Labute approximate surface area is 134 Å². The highest BCUT2D eigenvalue weighted by Crippen LogP contribution is 2.29. The lowest BCUT2D eigenvalue weighted by molar-refractivity contribution is 0.102. The fourth-order valence-corrected chi connectivity index (χ4v) is 2.42. The summed E-state index contributed by atoms with van der Waals surface area (Å²) < 4.78 is 7.12. The molecule has 0 saturated carbocycles. The molecule has 0 aliphatic carbocycles. The predicted molar refractivity (Wildman–Crippen MR) is 88.7 cm³/mol. The van der Waals surface area contributed by atoms with Gasteiger partial charge in [-0.05, 0) is 37.3 Å². The van der Waals surface area contributed by atoms with Crippen LogP contribution in [0.25, 0.3) is 11.4 Å². The van der Waals surface area contributed by atoms with E-state index in [1.54, 1.807) is 31.4 Å². The summed E-state index contributed by atoms with van der Waals surface area (Å²) in [7, 11) is 3.51. The molecule has 23 heavy (non-hydrogen) atoms. The molecule has 0 fully saturated rings. The van der Waals surface area contributed by atoms with Crippen molar-refractivity contribution in [3.05, 3.63) is 53.9 Å². The standard InChI is InChI=1S/C17H18N4O2/c1-11-15(16(20-19-11)14-8-5-9-21(14)2)18-17(22)12-6-4-7-13(10-12)23-3/h4-10H,1-3H3,(H,18,22)(H,19,20). The van der Waals surface area contributed by atoms with E-state index in [4.69, 9.17) is 4.74 Å². The van der Waals surface area contributed by atoms with Crippen LogP contribution < -0.4 is 10.1 Å². The molecule has 0 atom stereocenters. The van der Waals surface area contributed by atoms with Gasteiger partial charge in [0.1, 0.15) is 11.4 Å². The zero-order valence-corrected chi connectivity index (χ0v) is 13.3. The first-order valence-electron chi connectivity index (χ1n) is 7.22. The number of hydrogen-bond acceptors (Lipinski definition) is 3. The van der Waals surface area contributed by atoms with Crippen LogP contribution in [0.4, 0.5) is 5.69 Å². The molecule has 0 saturated heterocycles. The van der Waals surface area contributed by atoms with Crippen molar-refractivity contribution in [1.29, 1.82) is 0 Å². The summed E-state index contributed by atoms with van der Waals surface area (Å²) in [5.41, 5.74) is 3.65. The van der Waals surface area contributed by atoms with Gasteiger partial charge >= 0.3 is 0 Å². The van der Waals surface area contributed by atoms with Gasteiger partial charge in [0.25, 0.3) is 5.91 Å². The number of benzene rings is 1. The molecule has 2 heterocycles. The molecule has 0 aliphatic heterocycles. The maximum absolute atomic E-state index is 12.5. The second kappa shape index (κ2) is 6.00. The maximum atomic E-state index is 12.5. The molecule has 3 aromatic rings. The number of aryl methyl sites for hydroxylation is 2. The van der Waals surface area contributed by atoms with Crippen LogP contribution in [0.2, 0.25) is 0 Å². The van der Waals surface area contributed by atoms with Gasteiger partial charge < -0.3 is 14.6 Å². The van der Waals surface area contributed by atoms with E-state index in [2.05, 4.69) is 15.5 Å². The van der Waals surface area contributed by atoms with Crippen LogP contribution in [-0.4, -0.2) is 27.8 Å². The molecule has 1 amide bonds. The van der Waals surface area contributed by atoms with E-state index in [-0.39, 0.29) is 5.91 Å². The first kappa shape index (κ1) is 14.9. The molecule has 0 spiro atoms. The van der Waals surface area contributed by atoms with Gasteiger partial charge in [0.2, 0.25) is 0 Å². The number of ether oxygens (including phenoxy) is 1. The highest BCUT2D eigenvalue weighted by Gasteiger charge is 2.17. The summed E-state index contributed by atoms with van der Waals surface area (Å²) in [4.78, 5) is 12.5. The third kappa shape index (κ3) is 2.83. The number of carbonyl (C=O) groups excluding carboxylic acids is 1. The number of nitrogens with zero attached hydrogens (tertiary/aromatic N) is 2. The summed E-state index contributed by atoms with van der Waals surface area (Å²) in [6, 6.07) is 10.9. The van der Waals surface area contributed by atoms with Crippen LogP contribution in [0, 0.1) is 6.92 Å². The van der Waals surface area contributed by atoms with E-state index in [0.717, 1.165) is 11.4 Å². The van der Waals surface area contributed by atoms with Gasteiger partial charge in [-0.15, -0.1) is 0 Å². The van der Waals surface area contributed by atoms with E-state index in [0.29, 0.717) is 22.7 Å². The third-order valence-electron chi connectivity index (χ3n) is 3.70. The lowest BCUT2D eigenvalue weighted by atomic mass is 10.1. The van der Waals surface area contributed by atoms with Crippen molar-refractivity contribution in [2.24, 2.45) is 7.05 Å². The van der Waals surface area contributed by atoms with E-state index < -0.39 is 0 Å². The normalized spacial score (nSPS) is 10.6. The van der Waals surface area contributed by atoms with Crippen LogP contribution in [0.3, 0.4) is 0 Å². The van der Waals surface area contributed by atoms with E-state index >= 15 is 0 Å². The fourth-order valence-electron chi connectivity index (χ4n) is 2.42. The molecule has 0 unspecified atom stereocenters. The zero-order valence-electron chi connectivity index (χ0n) is 13.3. The Morgan fingerprint density at radius 3 is 2.83 bits per heavy atom. The molecular weight excluding hydrogens is 292 g/mol. The van der Waals surface area contributed by atoms with Gasteiger partial charge in [-0.3, -0.25) is 9.89 Å². The topological polar surface area (TPSA) is 71.9 Å². The minimum absolute atomic E-state index is 0.205. The van der Waals surface area contributed by atoms with Crippen molar-refractivity contribution >= 4 is 11.6 Å². The number of aromatic nitrogens is 3. The van der Waals surface area contributed by atoms with Crippen LogP contribution in [0.15, 0.2) is 42.6 Å². The summed E-state index contributed by atoms with van der Waals surface area (Å²) in [6.07, 6.45) is 1.94. The molecule has 0 radical (unpaired) electrons. The van der Waals surface area contributed by atoms with Crippen LogP contribution in [0.5, 0.6) is 5.75 Å². The highest BCUT2D eigenvalue weighted by molar-refractivity contribution is 6.06. The van der Waals surface area contributed by atoms with Crippen molar-refractivity contribution in [2.45, 2.75) is 6.92 Å². The number of methoxy groups -OCH3 is 1. The number of anilines is 1. The Morgan fingerprint density at radius 1 is 1.30 bits per heavy atom. The summed E-state index contributed by atoms with van der Waals surface area (Å²) >= 11 is 0. The molecule has 2 N–H and O–H groups in total. The Morgan fingerprint density at radius 2 is 2.13 bits per heavy atom. The first-order valence-corrected chi connectivity index (χ1v) is 7.22. The van der Waals surface area contributed by atoms with Gasteiger partial charge in [0.15, 0.2) is 0 Å². The minimum atomic E-state index is -0.205. The Bertz CT molecular complexity index is 848. The van der Waals surface area contributed by atoms with Crippen LogP contribution >= 0.6 is 0 Å². The summed E-state index contributed by atoms with van der Waals surface area (Å²) in [5, 5.41) is 10.2. The molecule has 6 heteroatoms. The second-order valence-corrected chi connectivity index (χ2v) is 5.26. The van der Waals surface area contributed by atoms with Gasteiger partial charge in [0, 0.05) is 18.8 Å². The summed E-state index contributed by atoms with van der Waals surface area (Å²) in [6.45, 7) is 1.88. The summed E-state index contributed by atoms with van der Waals surface area (Å²) in [5.74, 6) is 0.438. The number of aromatic amines is 1. The molecule has 0 aliphatic rings. The predicted octanol–water partition coefficient (Wildman–Crippen LogP) is 2.98. The quantitative estimate of drug-likeness (QED) is 0.778. The Hall–Kier alpha value is -3.02. The van der Waals surface area contributed by atoms with Gasteiger partial charge in [0.05, 0.1) is 24.2 Å². The van der Waals surface area contributed by atoms with Crippen molar-refractivity contribution in [3.63, 3.8) is 0 Å².